The largest absolute Gasteiger partial charge is 0.374 e. The monoisotopic (exact) mass is 321 g/mol. The molecule has 0 unspecified atom stereocenters. The summed E-state index contributed by atoms with van der Waals surface area (Å²) >= 11 is 0. The fraction of sp³-hybridized carbons (Fsp3) is 0.688. The summed E-state index contributed by atoms with van der Waals surface area (Å²) in [5, 5.41) is 3.92. The molecule has 0 N–H and O–H groups in total. The summed E-state index contributed by atoms with van der Waals surface area (Å²) in [6, 6.07) is -0.0342. The molecular formula is C16H23N3O4. The van der Waals surface area contributed by atoms with Gasteiger partial charge in [0, 0.05) is 32.1 Å². The number of carbonyl (C=O) groups excluding carboxylic acids is 2. The first-order chi connectivity index (χ1) is 11.0. The quantitative estimate of drug-likeness (QED) is 0.818. The number of fused-ring (bicyclic) bond motifs is 1. The topological polar surface area (TPSA) is 75.9 Å². The summed E-state index contributed by atoms with van der Waals surface area (Å²) in [6.45, 7) is 5.29. The number of aromatic nitrogens is 1. The average Bonchev–Trinajstić information content (AvgIpc) is 3.05. The minimum absolute atomic E-state index is 0.0342. The third-order valence-electron chi connectivity index (χ3n) is 4.90. The minimum Gasteiger partial charge on any atom is -0.374 e. The Hall–Kier alpha value is -1.89. The van der Waals surface area contributed by atoms with Gasteiger partial charge >= 0.3 is 0 Å². The number of nitrogens with zero attached hydrogens (tertiary/aromatic N) is 3. The van der Waals surface area contributed by atoms with Gasteiger partial charge in [0.2, 0.25) is 11.8 Å². The molecule has 1 aromatic rings. The number of ether oxygens (including phenoxy) is 1. The van der Waals surface area contributed by atoms with E-state index in [0.29, 0.717) is 39.0 Å². The molecule has 2 amide bonds. The summed E-state index contributed by atoms with van der Waals surface area (Å²) in [5.41, 5.74) is 1.85. The van der Waals surface area contributed by atoms with Crippen LogP contribution in [0.3, 0.4) is 0 Å². The molecule has 0 bridgehead atoms. The SMILES string of the molecule is Cc1noc(C)c1CCC(=O)N1C[C@@H]2OCCC(=O)N(C)[C@H]2C1. The molecule has 2 aliphatic rings. The third-order valence-corrected chi connectivity index (χ3v) is 4.90. The lowest BCUT2D eigenvalue weighted by atomic mass is 10.1. The fourth-order valence-corrected chi connectivity index (χ4v) is 3.40. The van der Waals surface area contributed by atoms with Gasteiger partial charge in [0.25, 0.3) is 0 Å². The van der Waals surface area contributed by atoms with Crippen molar-refractivity contribution in [3.05, 3.63) is 17.0 Å². The first-order valence-electron chi connectivity index (χ1n) is 8.04. The highest BCUT2D eigenvalue weighted by Gasteiger charge is 2.41. The number of carbonyl (C=O) groups is 2. The highest BCUT2D eigenvalue weighted by Crippen LogP contribution is 2.23. The Morgan fingerprint density at radius 3 is 2.83 bits per heavy atom. The van der Waals surface area contributed by atoms with E-state index in [0.717, 1.165) is 17.0 Å². The van der Waals surface area contributed by atoms with Crippen molar-refractivity contribution in [3.8, 4) is 0 Å². The Labute approximate surface area is 135 Å². The molecule has 0 saturated carbocycles. The van der Waals surface area contributed by atoms with E-state index in [2.05, 4.69) is 5.16 Å². The predicted octanol–water partition coefficient (Wildman–Crippen LogP) is 0.682. The van der Waals surface area contributed by atoms with Crippen LogP contribution in [0, 0.1) is 13.8 Å². The molecule has 0 aliphatic carbocycles. The van der Waals surface area contributed by atoms with Gasteiger partial charge in [0.15, 0.2) is 0 Å². The van der Waals surface area contributed by atoms with Crippen LogP contribution in [-0.2, 0) is 20.7 Å². The van der Waals surface area contributed by atoms with Gasteiger partial charge in [-0.15, -0.1) is 0 Å². The third kappa shape index (κ3) is 3.10. The lowest BCUT2D eigenvalue weighted by Crippen LogP contribution is -2.43. The highest BCUT2D eigenvalue weighted by molar-refractivity contribution is 5.79. The van der Waals surface area contributed by atoms with E-state index in [1.54, 1.807) is 11.9 Å². The van der Waals surface area contributed by atoms with Crippen molar-refractivity contribution in [2.75, 3.05) is 26.7 Å². The van der Waals surface area contributed by atoms with Gasteiger partial charge in [-0.05, 0) is 20.3 Å². The molecule has 2 aliphatic heterocycles. The minimum atomic E-state index is -0.0746. The van der Waals surface area contributed by atoms with Gasteiger partial charge in [-0.2, -0.15) is 0 Å². The van der Waals surface area contributed by atoms with E-state index >= 15 is 0 Å². The van der Waals surface area contributed by atoms with E-state index in [-0.39, 0.29) is 24.0 Å². The summed E-state index contributed by atoms with van der Waals surface area (Å²) in [4.78, 5) is 28.0. The van der Waals surface area contributed by atoms with Gasteiger partial charge in [-0.1, -0.05) is 5.16 Å². The van der Waals surface area contributed by atoms with Crippen LogP contribution in [0.4, 0.5) is 0 Å². The van der Waals surface area contributed by atoms with Crippen LogP contribution in [-0.4, -0.2) is 65.7 Å². The van der Waals surface area contributed by atoms with Crippen LogP contribution < -0.4 is 0 Å². The lowest BCUT2D eigenvalue weighted by molar-refractivity contribution is -0.133. The predicted molar refractivity (Wildman–Crippen MR) is 81.8 cm³/mol. The normalized spacial score (nSPS) is 24.7. The summed E-state index contributed by atoms with van der Waals surface area (Å²) in [6.07, 6.45) is 1.39. The van der Waals surface area contributed by atoms with Crippen molar-refractivity contribution >= 4 is 11.8 Å². The van der Waals surface area contributed by atoms with E-state index in [1.807, 2.05) is 18.7 Å². The molecule has 0 aromatic carbocycles. The average molecular weight is 321 g/mol. The number of hydrogen-bond acceptors (Lipinski definition) is 5. The number of aryl methyl sites for hydroxylation is 2. The first kappa shape index (κ1) is 16.0. The molecule has 7 nitrogen and oxygen atoms in total. The summed E-state index contributed by atoms with van der Waals surface area (Å²) < 4.78 is 10.9. The van der Waals surface area contributed by atoms with Crippen LogP contribution in [0.25, 0.3) is 0 Å². The zero-order valence-electron chi connectivity index (χ0n) is 13.9. The molecule has 2 saturated heterocycles. The smallest absolute Gasteiger partial charge is 0.225 e. The van der Waals surface area contributed by atoms with Crippen LogP contribution in [0.1, 0.15) is 29.9 Å². The van der Waals surface area contributed by atoms with Gasteiger partial charge in [0.05, 0.1) is 30.9 Å². The van der Waals surface area contributed by atoms with Crippen molar-refractivity contribution in [2.24, 2.45) is 0 Å². The molecule has 2 fully saturated rings. The molecule has 126 valence electrons. The Kier molecular flexibility index (Phi) is 4.39. The maximum absolute atomic E-state index is 12.5. The van der Waals surface area contributed by atoms with Crippen molar-refractivity contribution in [2.45, 2.75) is 45.3 Å². The van der Waals surface area contributed by atoms with Crippen molar-refractivity contribution in [1.29, 1.82) is 0 Å². The standard InChI is InChI=1S/C16H23N3O4/c1-10-12(11(2)23-17-10)4-5-16(21)19-8-13-14(9-19)22-7-6-15(20)18(13)3/h13-14H,4-9H2,1-3H3/t13-,14-/m0/s1. The zero-order chi connectivity index (χ0) is 16.6. The molecular weight excluding hydrogens is 298 g/mol. The number of rotatable bonds is 3. The second-order valence-corrected chi connectivity index (χ2v) is 6.33. The van der Waals surface area contributed by atoms with Crippen LogP contribution >= 0.6 is 0 Å². The first-order valence-corrected chi connectivity index (χ1v) is 8.04. The Balaban J connectivity index is 1.60. The molecule has 3 rings (SSSR count). The van der Waals surface area contributed by atoms with Crippen molar-refractivity contribution in [1.82, 2.24) is 15.0 Å². The number of amides is 2. The summed E-state index contributed by atoms with van der Waals surface area (Å²) in [7, 11) is 1.80. The van der Waals surface area contributed by atoms with Crippen LogP contribution in [0.5, 0.6) is 0 Å². The number of hydrogen-bond donors (Lipinski definition) is 0. The van der Waals surface area contributed by atoms with Gasteiger partial charge in [-0.25, -0.2) is 0 Å². The molecule has 0 spiro atoms. The molecule has 7 heteroatoms. The molecule has 3 heterocycles. The second-order valence-electron chi connectivity index (χ2n) is 6.33. The number of likely N-dealkylation sites (tertiary alicyclic amines) is 1. The maximum Gasteiger partial charge on any atom is 0.225 e. The number of likely N-dealkylation sites (N-methyl/N-ethyl adjacent to an activating group) is 1. The molecule has 23 heavy (non-hydrogen) atoms. The van der Waals surface area contributed by atoms with E-state index < -0.39 is 0 Å². The van der Waals surface area contributed by atoms with Gasteiger partial charge in [0.1, 0.15) is 5.76 Å². The molecule has 0 radical (unpaired) electrons. The van der Waals surface area contributed by atoms with Crippen LogP contribution in [0.2, 0.25) is 0 Å². The zero-order valence-corrected chi connectivity index (χ0v) is 13.9. The molecule has 1 aromatic heterocycles. The Bertz CT molecular complexity index is 593. The molecule has 2 atom stereocenters. The van der Waals surface area contributed by atoms with Crippen molar-refractivity contribution < 1.29 is 18.8 Å². The second kappa shape index (κ2) is 6.31. The van der Waals surface area contributed by atoms with Crippen molar-refractivity contribution in [3.63, 3.8) is 0 Å². The highest BCUT2D eigenvalue weighted by atomic mass is 16.5. The fourth-order valence-electron chi connectivity index (χ4n) is 3.40. The lowest BCUT2D eigenvalue weighted by Gasteiger charge is -2.25. The summed E-state index contributed by atoms with van der Waals surface area (Å²) in [5.74, 6) is 0.945. The van der Waals surface area contributed by atoms with Crippen LogP contribution in [0.15, 0.2) is 4.52 Å². The Morgan fingerprint density at radius 2 is 2.13 bits per heavy atom. The van der Waals surface area contributed by atoms with Gasteiger partial charge in [-0.3, -0.25) is 9.59 Å². The maximum atomic E-state index is 12.5. The Morgan fingerprint density at radius 1 is 1.35 bits per heavy atom. The van der Waals surface area contributed by atoms with E-state index in [1.165, 1.54) is 0 Å². The van der Waals surface area contributed by atoms with E-state index in [4.69, 9.17) is 9.26 Å². The van der Waals surface area contributed by atoms with E-state index in [9.17, 15) is 9.59 Å². The van der Waals surface area contributed by atoms with Gasteiger partial charge < -0.3 is 19.1 Å².